The highest BCUT2D eigenvalue weighted by atomic mass is 79.9. The molecular formula is C7H5Br3O3S. The largest absolute Gasteiger partial charge is 0.513 e. The van der Waals surface area contributed by atoms with E-state index in [1.54, 1.807) is 6.92 Å². The molecule has 0 unspecified atom stereocenters. The van der Waals surface area contributed by atoms with E-state index < -0.39 is 6.16 Å². The monoisotopic (exact) mass is 406 g/mol. The Morgan fingerprint density at radius 2 is 2.00 bits per heavy atom. The molecule has 0 aliphatic rings. The van der Waals surface area contributed by atoms with Crippen molar-refractivity contribution in [3.8, 4) is 5.75 Å². The third-order valence-corrected chi connectivity index (χ3v) is 5.20. The van der Waals surface area contributed by atoms with Crippen LogP contribution >= 0.6 is 59.1 Å². The van der Waals surface area contributed by atoms with Crippen LogP contribution in [-0.4, -0.2) is 12.8 Å². The van der Waals surface area contributed by atoms with Crippen LogP contribution in [0.15, 0.2) is 12.0 Å². The van der Waals surface area contributed by atoms with Crippen LogP contribution in [0.4, 0.5) is 4.79 Å². The van der Waals surface area contributed by atoms with Crippen LogP contribution in [-0.2, 0) is 4.74 Å². The molecule has 1 heterocycles. The van der Waals surface area contributed by atoms with Crippen molar-refractivity contribution in [1.82, 2.24) is 0 Å². The van der Waals surface area contributed by atoms with Crippen LogP contribution in [0.1, 0.15) is 6.92 Å². The van der Waals surface area contributed by atoms with Gasteiger partial charge in [-0.2, -0.15) is 0 Å². The Morgan fingerprint density at radius 1 is 1.36 bits per heavy atom. The first-order valence-corrected chi connectivity index (χ1v) is 6.73. The molecule has 1 aromatic rings. The van der Waals surface area contributed by atoms with E-state index in [1.807, 2.05) is 0 Å². The van der Waals surface area contributed by atoms with Gasteiger partial charge < -0.3 is 9.47 Å². The lowest BCUT2D eigenvalue weighted by molar-refractivity contribution is 0.104. The minimum atomic E-state index is -0.709. The van der Waals surface area contributed by atoms with E-state index in [9.17, 15) is 4.79 Å². The number of rotatable bonds is 2. The van der Waals surface area contributed by atoms with Gasteiger partial charge in [-0.1, -0.05) is 0 Å². The molecule has 0 spiro atoms. The molecule has 1 rings (SSSR count). The van der Waals surface area contributed by atoms with Crippen molar-refractivity contribution in [1.29, 1.82) is 0 Å². The average Bonchev–Trinajstić information content (AvgIpc) is 2.33. The minimum Gasteiger partial charge on any atom is -0.434 e. The second-order valence-corrected chi connectivity index (χ2v) is 6.53. The summed E-state index contributed by atoms with van der Waals surface area (Å²) in [5, 5.41) is 0. The quantitative estimate of drug-likeness (QED) is 0.672. The predicted molar refractivity (Wildman–Crippen MR) is 65.1 cm³/mol. The van der Waals surface area contributed by atoms with Crippen molar-refractivity contribution in [2.45, 2.75) is 6.92 Å². The first kappa shape index (κ1) is 12.5. The molecular weight excluding hydrogens is 404 g/mol. The Hall–Kier alpha value is 0.410. The summed E-state index contributed by atoms with van der Waals surface area (Å²) in [5.74, 6) is 0.431. The van der Waals surface area contributed by atoms with Gasteiger partial charge in [0.25, 0.3) is 0 Å². The van der Waals surface area contributed by atoms with Gasteiger partial charge in [0.15, 0.2) is 5.75 Å². The lowest BCUT2D eigenvalue weighted by atomic mass is 10.6. The maximum atomic E-state index is 11.0. The second-order valence-electron chi connectivity index (χ2n) is 2.08. The van der Waals surface area contributed by atoms with E-state index in [0.29, 0.717) is 16.8 Å². The van der Waals surface area contributed by atoms with Crippen LogP contribution in [0.25, 0.3) is 0 Å². The van der Waals surface area contributed by atoms with Gasteiger partial charge in [-0.3, -0.25) is 0 Å². The molecule has 0 bridgehead atoms. The van der Waals surface area contributed by atoms with E-state index in [1.165, 1.54) is 11.3 Å². The Kier molecular flexibility index (Phi) is 4.89. The van der Waals surface area contributed by atoms with Crippen molar-refractivity contribution in [2.24, 2.45) is 0 Å². The van der Waals surface area contributed by atoms with Gasteiger partial charge >= 0.3 is 6.16 Å². The van der Waals surface area contributed by atoms with Crippen molar-refractivity contribution in [2.75, 3.05) is 6.61 Å². The van der Waals surface area contributed by atoms with Crippen LogP contribution in [0.3, 0.4) is 0 Å². The molecule has 0 amide bonds. The molecule has 3 nitrogen and oxygen atoms in total. The van der Waals surface area contributed by atoms with E-state index in [4.69, 9.17) is 4.74 Å². The maximum Gasteiger partial charge on any atom is 0.513 e. The first-order valence-electron chi connectivity index (χ1n) is 3.54. The van der Waals surface area contributed by atoms with E-state index >= 15 is 0 Å². The number of halogens is 3. The molecule has 0 atom stereocenters. The highest BCUT2D eigenvalue weighted by molar-refractivity contribution is 9.14. The molecule has 1 aromatic heterocycles. The standard InChI is InChI=1S/C7H5Br3O3S/c1-2-12-7(11)13-4-3(8)5(9)14-6(4)10/h2H2,1H3. The zero-order chi connectivity index (χ0) is 10.7. The predicted octanol–water partition coefficient (Wildman–Crippen LogP) is 4.57. The zero-order valence-corrected chi connectivity index (χ0v) is 12.5. The van der Waals surface area contributed by atoms with Gasteiger partial charge in [0.1, 0.15) is 3.79 Å². The SMILES string of the molecule is CCOC(=O)Oc1c(Br)sc(Br)c1Br. The van der Waals surface area contributed by atoms with Crippen molar-refractivity contribution in [3.63, 3.8) is 0 Å². The first-order chi connectivity index (χ1) is 6.56. The molecule has 78 valence electrons. The molecule has 0 saturated carbocycles. The lowest BCUT2D eigenvalue weighted by Crippen LogP contribution is -2.10. The molecule has 0 aromatic carbocycles. The van der Waals surface area contributed by atoms with Crippen molar-refractivity contribution >= 4 is 65.3 Å². The Morgan fingerprint density at radius 3 is 2.43 bits per heavy atom. The molecule has 0 aliphatic carbocycles. The normalized spacial score (nSPS) is 10.0. The molecule has 7 heteroatoms. The van der Waals surface area contributed by atoms with Crippen LogP contribution < -0.4 is 4.74 Å². The molecule has 14 heavy (non-hydrogen) atoms. The number of hydrogen-bond acceptors (Lipinski definition) is 4. The smallest absolute Gasteiger partial charge is 0.434 e. The lowest BCUT2D eigenvalue weighted by Gasteiger charge is -2.02. The van der Waals surface area contributed by atoms with Gasteiger partial charge in [0.2, 0.25) is 0 Å². The summed E-state index contributed by atoms with van der Waals surface area (Å²) in [7, 11) is 0. The maximum absolute atomic E-state index is 11.0. The van der Waals surface area contributed by atoms with Gasteiger partial charge in [-0.15, -0.1) is 11.3 Å². The van der Waals surface area contributed by atoms with Crippen LogP contribution in [0.2, 0.25) is 0 Å². The fourth-order valence-electron chi connectivity index (χ4n) is 0.661. The molecule has 0 saturated heterocycles. The number of carbonyl (C=O) groups is 1. The van der Waals surface area contributed by atoms with E-state index in [-0.39, 0.29) is 0 Å². The van der Waals surface area contributed by atoms with Gasteiger partial charge in [0, 0.05) is 0 Å². The third kappa shape index (κ3) is 2.95. The highest BCUT2D eigenvalue weighted by Gasteiger charge is 2.18. The molecule has 0 radical (unpaired) electrons. The van der Waals surface area contributed by atoms with Crippen LogP contribution in [0, 0.1) is 0 Å². The average molecular weight is 409 g/mol. The fourth-order valence-corrected chi connectivity index (χ4v) is 4.24. The molecule has 0 aliphatic heterocycles. The molecule has 0 N–H and O–H groups in total. The van der Waals surface area contributed by atoms with Crippen molar-refractivity contribution in [3.05, 3.63) is 12.0 Å². The minimum absolute atomic E-state index is 0.291. The second kappa shape index (κ2) is 5.48. The van der Waals surface area contributed by atoms with Gasteiger partial charge in [0.05, 0.1) is 14.9 Å². The number of hydrogen-bond donors (Lipinski definition) is 0. The van der Waals surface area contributed by atoms with Gasteiger partial charge in [-0.25, -0.2) is 4.79 Å². The Labute approximate surface area is 110 Å². The number of carbonyl (C=O) groups excluding carboxylic acids is 1. The van der Waals surface area contributed by atoms with Crippen molar-refractivity contribution < 1.29 is 14.3 Å². The highest BCUT2D eigenvalue weighted by Crippen LogP contribution is 2.46. The van der Waals surface area contributed by atoms with Crippen LogP contribution in [0.5, 0.6) is 5.75 Å². The molecule has 0 fully saturated rings. The number of ether oxygens (including phenoxy) is 2. The summed E-state index contributed by atoms with van der Waals surface area (Å²) in [6.45, 7) is 2.01. The summed E-state index contributed by atoms with van der Waals surface area (Å²) in [6, 6.07) is 0. The van der Waals surface area contributed by atoms with Gasteiger partial charge in [-0.05, 0) is 54.7 Å². The zero-order valence-electron chi connectivity index (χ0n) is 6.97. The topological polar surface area (TPSA) is 35.5 Å². The Bertz CT molecular complexity index is 350. The third-order valence-electron chi connectivity index (χ3n) is 1.18. The summed E-state index contributed by atoms with van der Waals surface area (Å²) < 4.78 is 11.9. The van der Waals surface area contributed by atoms with E-state index in [2.05, 4.69) is 52.5 Å². The van der Waals surface area contributed by atoms with E-state index in [0.717, 1.165) is 7.57 Å². The number of thiophene rings is 1. The summed E-state index contributed by atoms with van der Waals surface area (Å²) >= 11 is 11.3. The summed E-state index contributed by atoms with van der Waals surface area (Å²) in [4.78, 5) is 11.0. The fraction of sp³-hybridized carbons (Fsp3) is 0.286. The summed E-state index contributed by atoms with van der Waals surface area (Å²) in [5.41, 5.74) is 0. The Balaban J connectivity index is 2.81. The summed E-state index contributed by atoms with van der Waals surface area (Å²) in [6.07, 6.45) is -0.709.